The summed E-state index contributed by atoms with van der Waals surface area (Å²) >= 11 is 0. The molecule has 8 heteroatoms. The Morgan fingerprint density at radius 3 is 2.65 bits per heavy atom. The van der Waals surface area contributed by atoms with Crippen LogP contribution in [0.2, 0.25) is 0 Å². The van der Waals surface area contributed by atoms with Crippen LogP contribution in [0.3, 0.4) is 0 Å². The Morgan fingerprint density at radius 2 is 1.96 bits per heavy atom. The highest BCUT2D eigenvalue weighted by atomic mass is 32.2. The number of halogens is 1. The van der Waals surface area contributed by atoms with Gasteiger partial charge in [-0.15, -0.1) is 0 Å². The summed E-state index contributed by atoms with van der Waals surface area (Å²) in [5.74, 6) is -0.564. The lowest BCUT2D eigenvalue weighted by Crippen LogP contribution is -2.34. The predicted molar refractivity (Wildman–Crippen MR) is 96.6 cm³/mol. The van der Waals surface area contributed by atoms with Crippen molar-refractivity contribution in [2.45, 2.75) is 24.7 Å². The Morgan fingerprint density at radius 1 is 1.19 bits per heavy atom. The van der Waals surface area contributed by atoms with Crippen LogP contribution in [0.4, 0.5) is 15.8 Å². The molecule has 3 rings (SSSR count). The molecule has 1 heterocycles. The number of rotatable bonds is 5. The van der Waals surface area contributed by atoms with Crippen molar-refractivity contribution < 1.29 is 22.3 Å². The van der Waals surface area contributed by atoms with Gasteiger partial charge in [0.05, 0.1) is 7.11 Å². The van der Waals surface area contributed by atoms with Crippen molar-refractivity contribution in [2.24, 2.45) is 0 Å². The molecule has 0 bridgehead atoms. The Bertz CT molecular complexity index is 960. The Hall–Kier alpha value is -2.61. The van der Waals surface area contributed by atoms with Gasteiger partial charge in [-0.05, 0) is 55.3 Å². The number of methoxy groups -OCH3 is 1. The second-order valence-corrected chi connectivity index (χ2v) is 7.53. The van der Waals surface area contributed by atoms with Crippen molar-refractivity contribution in [1.29, 1.82) is 0 Å². The molecule has 2 aromatic carbocycles. The molecule has 0 saturated heterocycles. The number of carbonyl (C=O) groups excluding carboxylic acids is 1. The largest absolute Gasteiger partial charge is 0.495 e. The van der Waals surface area contributed by atoms with E-state index in [4.69, 9.17) is 4.74 Å². The summed E-state index contributed by atoms with van der Waals surface area (Å²) in [4.78, 5) is 13.4. The van der Waals surface area contributed by atoms with E-state index < -0.39 is 15.8 Å². The van der Waals surface area contributed by atoms with Crippen LogP contribution in [0.25, 0.3) is 0 Å². The van der Waals surface area contributed by atoms with Gasteiger partial charge in [-0.3, -0.25) is 9.52 Å². The number of fused-ring (bicyclic) bond motifs is 1. The predicted octanol–water partition coefficient (Wildman–Crippen LogP) is 2.93. The summed E-state index contributed by atoms with van der Waals surface area (Å²) in [5.41, 5.74) is 2.02. The molecule has 1 amide bonds. The molecule has 138 valence electrons. The first-order valence-corrected chi connectivity index (χ1v) is 9.63. The topological polar surface area (TPSA) is 75.7 Å². The van der Waals surface area contributed by atoms with Crippen molar-refractivity contribution in [3.05, 3.63) is 47.8 Å². The van der Waals surface area contributed by atoms with Crippen molar-refractivity contribution >= 4 is 27.3 Å². The number of ether oxygens (including phenoxy) is 1. The number of hydrogen-bond donors (Lipinski definition) is 1. The minimum absolute atomic E-state index is 0.0535. The van der Waals surface area contributed by atoms with Gasteiger partial charge in [0.1, 0.15) is 16.5 Å². The first-order valence-electron chi connectivity index (χ1n) is 8.15. The summed E-state index contributed by atoms with van der Waals surface area (Å²) in [6.07, 6.45) is 0.929. The van der Waals surface area contributed by atoms with Gasteiger partial charge in [0.2, 0.25) is 5.91 Å². The third-order valence-corrected chi connectivity index (χ3v) is 5.67. The maximum atomic E-state index is 13.5. The lowest BCUT2D eigenvalue weighted by Gasteiger charge is -2.28. The molecule has 1 aliphatic heterocycles. The average molecular weight is 378 g/mol. The Kier molecular flexibility index (Phi) is 4.86. The fraction of sp³-hybridized carbons (Fsp3) is 0.278. The maximum absolute atomic E-state index is 13.5. The van der Waals surface area contributed by atoms with Crippen molar-refractivity contribution in [2.75, 3.05) is 23.3 Å². The smallest absolute Gasteiger partial charge is 0.265 e. The highest BCUT2D eigenvalue weighted by molar-refractivity contribution is 7.92. The number of sulfonamides is 1. The fourth-order valence-electron chi connectivity index (χ4n) is 3.04. The number of benzene rings is 2. The van der Waals surface area contributed by atoms with Gasteiger partial charge in [-0.1, -0.05) is 0 Å². The Balaban J connectivity index is 1.94. The summed E-state index contributed by atoms with van der Waals surface area (Å²) in [6, 6.07) is 8.32. The number of nitrogens with zero attached hydrogens (tertiary/aromatic N) is 1. The van der Waals surface area contributed by atoms with Gasteiger partial charge >= 0.3 is 0 Å². The summed E-state index contributed by atoms with van der Waals surface area (Å²) < 4.78 is 46.3. The minimum atomic E-state index is -4.03. The molecule has 0 spiro atoms. The first kappa shape index (κ1) is 18.2. The molecule has 0 radical (unpaired) electrons. The number of hydrogen-bond acceptors (Lipinski definition) is 4. The Labute approximate surface area is 151 Å². The van der Waals surface area contributed by atoms with Gasteiger partial charge in [-0.25, -0.2) is 12.8 Å². The zero-order valence-corrected chi connectivity index (χ0v) is 15.3. The quantitative estimate of drug-likeness (QED) is 0.868. The molecule has 0 aromatic heterocycles. The van der Waals surface area contributed by atoms with Gasteiger partial charge in [0.25, 0.3) is 10.0 Å². The number of anilines is 2. The second-order valence-electron chi connectivity index (χ2n) is 5.88. The lowest BCUT2D eigenvalue weighted by molar-refractivity contribution is -0.118. The van der Waals surface area contributed by atoms with E-state index in [1.54, 1.807) is 23.1 Å². The van der Waals surface area contributed by atoms with E-state index in [1.165, 1.54) is 13.2 Å². The summed E-state index contributed by atoms with van der Waals surface area (Å²) in [6.45, 7) is 2.44. The summed E-state index contributed by atoms with van der Waals surface area (Å²) in [7, 11) is -2.71. The van der Waals surface area contributed by atoms with Gasteiger partial charge in [0.15, 0.2) is 0 Å². The normalized spacial score (nSPS) is 14.1. The number of amides is 1. The van der Waals surface area contributed by atoms with E-state index in [0.29, 0.717) is 25.1 Å². The van der Waals surface area contributed by atoms with Crippen LogP contribution < -0.4 is 14.4 Å². The first-order chi connectivity index (χ1) is 12.4. The van der Waals surface area contributed by atoms with Gasteiger partial charge in [-0.2, -0.15) is 0 Å². The van der Waals surface area contributed by atoms with Crippen molar-refractivity contribution in [1.82, 2.24) is 0 Å². The van der Waals surface area contributed by atoms with E-state index in [9.17, 15) is 17.6 Å². The third kappa shape index (κ3) is 3.37. The van der Waals surface area contributed by atoms with E-state index in [2.05, 4.69) is 4.72 Å². The zero-order valence-electron chi connectivity index (χ0n) is 14.5. The van der Waals surface area contributed by atoms with E-state index in [0.717, 1.165) is 23.4 Å². The van der Waals surface area contributed by atoms with Crippen LogP contribution in [0.1, 0.15) is 18.9 Å². The molecule has 1 N–H and O–H groups in total. The monoisotopic (exact) mass is 378 g/mol. The molecule has 26 heavy (non-hydrogen) atoms. The van der Waals surface area contributed by atoms with Crippen LogP contribution in [0.5, 0.6) is 5.75 Å². The second kappa shape index (κ2) is 6.95. The molecule has 1 aliphatic rings. The van der Waals surface area contributed by atoms with Crippen molar-refractivity contribution in [3.63, 3.8) is 0 Å². The standard InChI is InChI=1S/C18H19FN2O4S/c1-3-21-15-7-6-14(10-12(15)4-9-18(21)22)20-26(23,24)17-11-13(19)5-8-16(17)25-2/h5-8,10-11,20H,3-4,9H2,1-2H3. The molecule has 0 aliphatic carbocycles. The van der Waals surface area contributed by atoms with E-state index in [-0.39, 0.29) is 16.6 Å². The molecule has 0 fully saturated rings. The van der Waals surface area contributed by atoms with Crippen LogP contribution in [-0.2, 0) is 21.2 Å². The maximum Gasteiger partial charge on any atom is 0.265 e. The van der Waals surface area contributed by atoms with Gasteiger partial charge in [0, 0.05) is 24.3 Å². The van der Waals surface area contributed by atoms with Crippen LogP contribution in [0, 0.1) is 5.82 Å². The number of carbonyl (C=O) groups is 1. The highest BCUT2D eigenvalue weighted by Gasteiger charge is 2.25. The van der Waals surface area contributed by atoms with E-state index >= 15 is 0 Å². The zero-order chi connectivity index (χ0) is 18.9. The lowest BCUT2D eigenvalue weighted by atomic mass is 10.0. The number of aryl methyl sites for hydroxylation is 1. The average Bonchev–Trinajstić information content (AvgIpc) is 2.61. The highest BCUT2D eigenvalue weighted by Crippen LogP contribution is 2.32. The van der Waals surface area contributed by atoms with Gasteiger partial charge < -0.3 is 9.64 Å². The number of nitrogens with one attached hydrogen (secondary N) is 1. The van der Waals surface area contributed by atoms with Crippen molar-refractivity contribution in [3.8, 4) is 5.75 Å². The molecule has 6 nitrogen and oxygen atoms in total. The molecular weight excluding hydrogens is 359 g/mol. The fourth-order valence-corrected chi connectivity index (χ4v) is 4.27. The van der Waals surface area contributed by atoms with Crippen LogP contribution >= 0.6 is 0 Å². The molecule has 0 saturated carbocycles. The SMILES string of the molecule is CCN1C(=O)CCc2cc(NS(=O)(=O)c3cc(F)ccc3OC)ccc21. The molecule has 0 unspecified atom stereocenters. The molecule has 0 atom stereocenters. The molecule has 2 aromatic rings. The third-order valence-electron chi connectivity index (χ3n) is 4.26. The van der Waals surface area contributed by atoms with Crippen LogP contribution in [-0.4, -0.2) is 28.0 Å². The minimum Gasteiger partial charge on any atom is -0.495 e. The van der Waals surface area contributed by atoms with E-state index in [1.807, 2.05) is 6.92 Å². The summed E-state index contributed by atoms with van der Waals surface area (Å²) in [5, 5.41) is 0. The van der Waals surface area contributed by atoms with Crippen LogP contribution in [0.15, 0.2) is 41.3 Å². The molecular formula is C18H19FN2O4S.